The molecule has 2 fully saturated rings. The van der Waals surface area contributed by atoms with Gasteiger partial charge in [-0.25, -0.2) is 9.97 Å². The number of anilines is 1. The van der Waals surface area contributed by atoms with Crippen molar-refractivity contribution in [2.45, 2.75) is 57.4 Å². The summed E-state index contributed by atoms with van der Waals surface area (Å²) < 4.78 is 0. The maximum absolute atomic E-state index is 13.3. The largest absolute Gasteiger partial charge is 0.390 e. The van der Waals surface area contributed by atoms with Crippen molar-refractivity contribution < 1.29 is 19.5 Å². The molecule has 1 saturated carbocycles. The summed E-state index contributed by atoms with van der Waals surface area (Å²) in [5, 5.41) is 21.0. The highest BCUT2D eigenvalue weighted by molar-refractivity contribution is 6.40. The molecule has 2 aromatic heterocycles. The molecule has 45 heavy (non-hydrogen) atoms. The molecule has 3 aromatic rings. The minimum Gasteiger partial charge on any atom is -0.390 e. The molecule has 0 unspecified atom stereocenters. The molecule has 1 saturated heterocycles. The first-order chi connectivity index (χ1) is 22.0. The SMILES string of the molecule is O=C(NC[C@H](O)CN1CCc2ccccc2C1)c1cc(NC2CCN(C(=O)C(=NOCc3ccccn3)C3CC3)CC2)ncn1. The highest BCUT2D eigenvalue weighted by Gasteiger charge is 2.36. The Morgan fingerprint density at radius 3 is 2.58 bits per heavy atom. The maximum atomic E-state index is 13.3. The van der Waals surface area contributed by atoms with Gasteiger partial charge in [0.25, 0.3) is 11.8 Å². The van der Waals surface area contributed by atoms with E-state index in [2.05, 4.69) is 53.8 Å². The fourth-order valence-electron chi connectivity index (χ4n) is 5.83. The number of oxime groups is 1. The standard InChI is InChI=1S/C33H40N8O4/c42-28(20-40-14-10-23-5-1-2-6-25(23)19-40)18-35-32(43)29-17-30(37-22-36-29)38-26-11-15-41(16-12-26)33(44)31(24-8-9-24)39-45-21-27-7-3-4-13-34-27/h1-7,13,17,22,24,26,28,42H,8-12,14-16,18-21H2,(H,35,43)(H,36,37,38)/t28-/m0/s1. The predicted molar refractivity (Wildman–Crippen MR) is 168 cm³/mol. The van der Waals surface area contributed by atoms with Crippen LogP contribution in [0.5, 0.6) is 0 Å². The number of nitrogens with one attached hydrogen (secondary N) is 2. The van der Waals surface area contributed by atoms with Crippen molar-refractivity contribution >= 4 is 23.3 Å². The molecular weight excluding hydrogens is 572 g/mol. The number of fused-ring (bicyclic) bond motifs is 1. The number of hydrogen-bond acceptors (Lipinski definition) is 10. The quantitative estimate of drug-likeness (QED) is 0.207. The first-order valence-electron chi connectivity index (χ1n) is 15.7. The molecular formula is C33H40N8O4. The molecule has 2 aliphatic heterocycles. The molecule has 2 amide bonds. The monoisotopic (exact) mass is 612 g/mol. The van der Waals surface area contributed by atoms with Gasteiger partial charge in [-0.15, -0.1) is 0 Å². The zero-order valence-corrected chi connectivity index (χ0v) is 25.3. The third-order valence-electron chi connectivity index (χ3n) is 8.50. The Bertz CT molecular complexity index is 1490. The predicted octanol–water partition coefficient (Wildman–Crippen LogP) is 2.41. The van der Waals surface area contributed by atoms with Crippen molar-refractivity contribution in [1.29, 1.82) is 0 Å². The van der Waals surface area contributed by atoms with Gasteiger partial charge < -0.3 is 25.5 Å². The number of piperidine rings is 1. The molecule has 236 valence electrons. The van der Waals surface area contributed by atoms with Gasteiger partial charge in [0.1, 0.15) is 23.6 Å². The van der Waals surface area contributed by atoms with Crippen molar-refractivity contribution in [1.82, 2.24) is 30.1 Å². The zero-order chi connectivity index (χ0) is 31.0. The molecule has 12 heteroatoms. The first-order valence-corrected chi connectivity index (χ1v) is 15.7. The average Bonchev–Trinajstić information content (AvgIpc) is 3.92. The van der Waals surface area contributed by atoms with Crippen molar-refractivity contribution in [3.63, 3.8) is 0 Å². The summed E-state index contributed by atoms with van der Waals surface area (Å²) in [6.07, 6.45) is 6.70. The third kappa shape index (κ3) is 8.40. The molecule has 1 aliphatic carbocycles. The second kappa shape index (κ2) is 14.6. The van der Waals surface area contributed by atoms with E-state index in [1.54, 1.807) is 12.3 Å². The highest BCUT2D eigenvalue weighted by atomic mass is 16.6. The lowest BCUT2D eigenvalue weighted by atomic mass is 10.00. The van der Waals surface area contributed by atoms with Crippen LogP contribution in [-0.2, 0) is 29.2 Å². The number of hydrogen-bond donors (Lipinski definition) is 3. The zero-order valence-electron chi connectivity index (χ0n) is 25.3. The van der Waals surface area contributed by atoms with Gasteiger partial charge in [-0.2, -0.15) is 0 Å². The van der Waals surface area contributed by atoms with Crippen LogP contribution in [0.3, 0.4) is 0 Å². The van der Waals surface area contributed by atoms with Crippen LogP contribution in [-0.4, -0.2) is 92.3 Å². The highest BCUT2D eigenvalue weighted by Crippen LogP contribution is 2.32. The van der Waals surface area contributed by atoms with Gasteiger partial charge in [0.2, 0.25) is 0 Å². The van der Waals surface area contributed by atoms with Gasteiger partial charge in [-0.05, 0) is 55.4 Å². The van der Waals surface area contributed by atoms with Crippen LogP contribution in [0.25, 0.3) is 0 Å². The number of amides is 2. The first kappa shape index (κ1) is 30.6. The number of likely N-dealkylation sites (tertiary alicyclic amines) is 1. The number of β-amino-alcohol motifs (C(OH)–C–C–N with tert-alkyl or cyclic N) is 1. The number of aliphatic hydroxyl groups excluding tert-OH is 1. The van der Waals surface area contributed by atoms with Crippen molar-refractivity contribution in [2.24, 2.45) is 11.1 Å². The number of benzene rings is 1. The molecule has 0 spiro atoms. The fraction of sp³-hybridized carbons (Fsp3) is 0.455. The second-order valence-corrected chi connectivity index (χ2v) is 12.0. The van der Waals surface area contributed by atoms with E-state index in [0.717, 1.165) is 50.9 Å². The summed E-state index contributed by atoms with van der Waals surface area (Å²) in [6, 6.07) is 15.7. The minimum atomic E-state index is -0.690. The second-order valence-electron chi connectivity index (χ2n) is 12.0. The number of carbonyl (C=O) groups excluding carboxylic acids is 2. The lowest BCUT2D eigenvalue weighted by Crippen LogP contribution is -2.45. The van der Waals surface area contributed by atoms with Crippen LogP contribution in [0.4, 0.5) is 5.82 Å². The van der Waals surface area contributed by atoms with E-state index in [-0.39, 0.29) is 42.6 Å². The lowest BCUT2D eigenvalue weighted by Gasteiger charge is -2.32. The molecule has 3 N–H and O–H groups in total. The number of aromatic nitrogens is 3. The number of pyridine rings is 1. The maximum Gasteiger partial charge on any atom is 0.271 e. The Morgan fingerprint density at radius 2 is 1.80 bits per heavy atom. The normalized spacial score (nSPS) is 18.2. The Hall–Kier alpha value is -4.42. The van der Waals surface area contributed by atoms with Gasteiger partial charge in [0.15, 0.2) is 6.61 Å². The van der Waals surface area contributed by atoms with Crippen LogP contribution in [0, 0.1) is 5.92 Å². The molecule has 1 aromatic carbocycles. The van der Waals surface area contributed by atoms with Crippen LogP contribution < -0.4 is 10.6 Å². The molecule has 12 nitrogen and oxygen atoms in total. The summed E-state index contributed by atoms with van der Waals surface area (Å²) in [5.41, 5.74) is 4.14. The van der Waals surface area contributed by atoms with E-state index in [1.165, 1.54) is 17.5 Å². The lowest BCUT2D eigenvalue weighted by molar-refractivity contribution is -0.125. The molecule has 6 rings (SSSR count). The summed E-state index contributed by atoms with van der Waals surface area (Å²) in [6.45, 7) is 3.69. The Labute approximate surface area is 262 Å². The van der Waals surface area contributed by atoms with Crippen molar-refractivity contribution in [3.8, 4) is 0 Å². The Kier molecular flexibility index (Phi) is 9.91. The summed E-state index contributed by atoms with van der Waals surface area (Å²) >= 11 is 0. The third-order valence-corrected chi connectivity index (χ3v) is 8.50. The molecule has 4 heterocycles. The van der Waals surface area contributed by atoms with Gasteiger partial charge in [0.05, 0.1) is 11.8 Å². The molecule has 1 atom stereocenters. The fourth-order valence-corrected chi connectivity index (χ4v) is 5.83. The molecule has 0 radical (unpaired) electrons. The number of rotatable bonds is 12. The molecule has 0 bridgehead atoms. The van der Waals surface area contributed by atoms with E-state index in [1.807, 2.05) is 29.2 Å². The van der Waals surface area contributed by atoms with Crippen LogP contribution in [0.2, 0.25) is 0 Å². The Balaban J connectivity index is 0.940. The Morgan fingerprint density at radius 1 is 1.00 bits per heavy atom. The van der Waals surface area contributed by atoms with E-state index < -0.39 is 6.10 Å². The van der Waals surface area contributed by atoms with Crippen molar-refractivity contribution in [2.75, 3.05) is 38.0 Å². The van der Waals surface area contributed by atoms with E-state index in [4.69, 9.17) is 4.84 Å². The number of nitrogens with zero attached hydrogens (tertiary/aromatic N) is 6. The summed E-state index contributed by atoms with van der Waals surface area (Å²) in [7, 11) is 0. The van der Waals surface area contributed by atoms with E-state index in [0.29, 0.717) is 31.2 Å². The van der Waals surface area contributed by atoms with Gasteiger partial charge in [-0.1, -0.05) is 35.5 Å². The van der Waals surface area contributed by atoms with Gasteiger partial charge in [0, 0.05) is 63.5 Å². The van der Waals surface area contributed by atoms with Gasteiger partial charge in [-0.3, -0.25) is 19.5 Å². The van der Waals surface area contributed by atoms with E-state index in [9.17, 15) is 14.7 Å². The topological polar surface area (TPSA) is 145 Å². The van der Waals surface area contributed by atoms with E-state index >= 15 is 0 Å². The van der Waals surface area contributed by atoms with Crippen LogP contribution in [0.1, 0.15) is 53.0 Å². The summed E-state index contributed by atoms with van der Waals surface area (Å²) in [5.74, 6) is 0.285. The average molecular weight is 613 g/mol. The van der Waals surface area contributed by atoms with Gasteiger partial charge >= 0.3 is 0 Å². The number of aliphatic hydroxyl groups is 1. The van der Waals surface area contributed by atoms with Crippen LogP contribution in [0.15, 0.2) is 66.2 Å². The number of carbonyl (C=O) groups is 2. The van der Waals surface area contributed by atoms with Crippen molar-refractivity contribution in [3.05, 3.63) is 83.6 Å². The minimum absolute atomic E-state index is 0.0646. The summed E-state index contributed by atoms with van der Waals surface area (Å²) in [4.78, 5) is 48.3. The molecule has 3 aliphatic rings. The van der Waals surface area contributed by atoms with Crippen LogP contribution >= 0.6 is 0 Å². The smallest absolute Gasteiger partial charge is 0.271 e.